The molecule has 0 bridgehead atoms. The van der Waals surface area contributed by atoms with Crippen LogP contribution in [0.25, 0.3) is 0 Å². The van der Waals surface area contributed by atoms with E-state index in [2.05, 4.69) is 17.5 Å². The van der Waals surface area contributed by atoms with E-state index in [0.717, 1.165) is 25.0 Å². The molecule has 2 rings (SSSR count). The van der Waals surface area contributed by atoms with Crippen LogP contribution in [-0.4, -0.2) is 11.6 Å². The summed E-state index contributed by atoms with van der Waals surface area (Å²) in [6.45, 7) is 2.14. The van der Waals surface area contributed by atoms with E-state index < -0.39 is 0 Å². The topological polar surface area (TPSA) is 41.5 Å². The number of hydrazone groups is 1. The number of amides is 1. The standard InChI is InChI=1S/C14H16Cl2N2O/c1-9-4-2-3-5-13(9)17-18-14(19)11-7-6-10(15)8-12(11)16/h6-9H,2-5H2,1H3,(H,18,19)/b17-13-/t9-/m1/s1. The van der Waals surface area contributed by atoms with Crippen molar-refractivity contribution in [2.45, 2.75) is 32.6 Å². The molecule has 1 aliphatic carbocycles. The third kappa shape index (κ3) is 3.71. The van der Waals surface area contributed by atoms with Crippen molar-refractivity contribution in [3.05, 3.63) is 33.8 Å². The molecule has 0 heterocycles. The second kappa shape index (κ2) is 6.40. The zero-order chi connectivity index (χ0) is 13.8. The van der Waals surface area contributed by atoms with Gasteiger partial charge in [0.15, 0.2) is 0 Å². The van der Waals surface area contributed by atoms with Gasteiger partial charge in [-0.2, -0.15) is 5.10 Å². The minimum Gasteiger partial charge on any atom is -0.267 e. The quantitative estimate of drug-likeness (QED) is 0.813. The highest BCUT2D eigenvalue weighted by Gasteiger charge is 2.17. The Bertz CT molecular complexity index is 514. The molecular formula is C14H16Cl2N2O. The number of hydrogen-bond donors (Lipinski definition) is 1. The number of carbonyl (C=O) groups excluding carboxylic acids is 1. The van der Waals surface area contributed by atoms with E-state index in [1.165, 1.54) is 6.42 Å². The van der Waals surface area contributed by atoms with E-state index in [4.69, 9.17) is 23.2 Å². The fraction of sp³-hybridized carbons (Fsp3) is 0.429. The molecule has 0 aliphatic heterocycles. The monoisotopic (exact) mass is 298 g/mol. The highest BCUT2D eigenvalue weighted by molar-refractivity contribution is 6.36. The Morgan fingerprint density at radius 3 is 2.84 bits per heavy atom. The van der Waals surface area contributed by atoms with E-state index in [-0.39, 0.29) is 5.91 Å². The average molecular weight is 299 g/mol. The van der Waals surface area contributed by atoms with E-state index in [9.17, 15) is 4.79 Å². The van der Waals surface area contributed by atoms with E-state index in [1.807, 2.05) is 0 Å². The third-order valence-corrected chi connectivity index (χ3v) is 3.91. The van der Waals surface area contributed by atoms with Gasteiger partial charge in [-0.1, -0.05) is 36.5 Å². The Kier molecular flexibility index (Phi) is 4.83. The average Bonchev–Trinajstić information content (AvgIpc) is 2.37. The van der Waals surface area contributed by atoms with Crippen molar-refractivity contribution in [3.63, 3.8) is 0 Å². The lowest BCUT2D eigenvalue weighted by molar-refractivity contribution is 0.0954. The van der Waals surface area contributed by atoms with Crippen LogP contribution >= 0.6 is 23.2 Å². The lowest BCUT2D eigenvalue weighted by Gasteiger charge is -2.19. The number of benzene rings is 1. The molecule has 1 saturated carbocycles. The van der Waals surface area contributed by atoms with Gasteiger partial charge < -0.3 is 0 Å². The molecule has 102 valence electrons. The van der Waals surface area contributed by atoms with Crippen LogP contribution < -0.4 is 5.43 Å². The van der Waals surface area contributed by atoms with Gasteiger partial charge in [0.25, 0.3) is 5.91 Å². The summed E-state index contributed by atoms with van der Waals surface area (Å²) in [6, 6.07) is 4.79. The van der Waals surface area contributed by atoms with Gasteiger partial charge in [-0.3, -0.25) is 4.79 Å². The first-order valence-electron chi connectivity index (χ1n) is 6.40. The number of carbonyl (C=O) groups is 1. The molecule has 0 spiro atoms. The van der Waals surface area contributed by atoms with Gasteiger partial charge in [-0.15, -0.1) is 0 Å². The van der Waals surface area contributed by atoms with Gasteiger partial charge in [0.1, 0.15) is 0 Å². The van der Waals surface area contributed by atoms with Crippen LogP contribution in [0.4, 0.5) is 0 Å². The maximum atomic E-state index is 12.0. The smallest absolute Gasteiger partial charge is 0.267 e. The maximum absolute atomic E-state index is 12.0. The summed E-state index contributed by atoms with van der Waals surface area (Å²) in [4.78, 5) is 12.0. The molecule has 0 unspecified atom stereocenters. The van der Waals surface area contributed by atoms with Gasteiger partial charge in [0.2, 0.25) is 0 Å². The van der Waals surface area contributed by atoms with Crippen LogP contribution in [-0.2, 0) is 0 Å². The molecular weight excluding hydrogens is 283 g/mol. The Hall–Kier alpha value is -1.06. The van der Waals surface area contributed by atoms with Gasteiger partial charge in [0, 0.05) is 10.7 Å². The summed E-state index contributed by atoms with van der Waals surface area (Å²) in [5.74, 6) is 0.140. The van der Waals surface area contributed by atoms with Crippen molar-refractivity contribution in [1.29, 1.82) is 0 Å². The second-order valence-electron chi connectivity index (χ2n) is 4.82. The maximum Gasteiger partial charge on any atom is 0.272 e. The predicted octanol–water partition coefficient (Wildman–Crippen LogP) is 4.29. The van der Waals surface area contributed by atoms with Gasteiger partial charge in [-0.25, -0.2) is 5.43 Å². The first kappa shape index (κ1) is 14.4. The summed E-state index contributed by atoms with van der Waals surface area (Å²) < 4.78 is 0. The summed E-state index contributed by atoms with van der Waals surface area (Å²) in [5, 5.41) is 5.07. The Morgan fingerprint density at radius 1 is 1.37 bits per heavy atom. The lowest BCUT2D eigenvalue weighted by atomic mass is 9.89. The lowest BCUT2D eigenvalue weighted by Crippen LogP contribution is -2.24. The van der Waals surface area contributed by atoms with Crippen molar-refractivity contribution in [3.8, 4) is 0 Å². The van der Waals surface area contributed by atoms with Crippen LogP contribution in [0.15, 0.2) is 23.3 Å². The number of halogens is 2. The van der Waals surface area contributed by atoms with Crippen molar-refractivity contribution < 1.29 is 4.79 Å². The van der Waals surface area contributed by atoms with Gasteiger partial charge in [-0.05, 0) is 43.4 Å². The van der Waals surface area contributed by atoms with Crippen molar-refractivity contribution >= 4 is 34.8 Å². The Labute approximate surface area is 123 Å². The largest absolute Gasteiger partial charge is 0.272 e. The molecule has 1 aromatic rings. The Balaban J connectivity index is 2.06. The third-order valence-electron chi connectivity index (χ3n) is 3.37. The Morgan fingerprint density at radius 2 is 2.16 bits per heavy atom. The predicted molar refractivity (Wildman–Crippen MR) is 79.0 cm³/mol. The first-order valence-corrected chi connectivity index (χ1v) is 7.15. The number of rotatable bonds is 2. The number of nitrogens with one attached hydrogen (secondary N) is 1. The zero-order valence-corrected chi connectivity index (χ0v) is 12.3. The number of nitrogens with zero attached hydrogens (tertiary/aromatic N) is 1. The van der Waals surface area contributed by atoms with Crippen LogP contribution in [0.3, 0.4) is 0 Å². The highest BCUT2D eigenvalue weighted by Crippen LogP contribution is 2.22. The van der Waals surface area contributed by atoms with Crippen LogP contribution in [0.1, 0.15) is 43.0 Å². The fourth-order valence-corrected chi connectivity index (χ4v) is 2.69. The summed E-state index contributed by atoms with van der Waals surface area (Å²) >= 11 is 11.8. The second-order valence-corrected chi connectivity index (χ2v) is 5.66. The van der Waals surface area contributed by atoms with Gasteiger partial charge in [0.05, 0.1) is 10.6 Å². The minimum atomic E-state index is -0.299. The summed E-state index contributed by atoms with van der Waals surface area (Å²) in [7, 11) is 0. The molecule has 1 aromatic carbocycles. The minimum absolute atomic E-state index is 0.299. The SMILES string of the molecule is C[C@@H]1CCCC/C1=N/NC(=O)c1ccc(Cl)cc1Cl. The summed E-state index contributed by atoms with van der Waals surface area (Å²) in [6.07, 6.45) is 4.46. The van der Waals surface area contributed by atoms with Crippen LogP contribution in [0.2, 0.25) is 10.0 Å². The van der Waals surface area contributed by atoms with Crippen LogP contribution in [0.5, 0.6) is 0 Å². The molecule has 0 saturated heterocycles. The molecule has 1 fully saturated rings. The van der Waals surface area contributed by atoms with Crippen LogP contribution in [0, 0.1) is 5.92 Å². The van der Waals surface area contributed by atoms with E-state index in [0.29, 0.717) is 21.5 Å². The summed E-state index contributed by atoms with van der Waals surface area (Å²) in [5.41, 5.74) is 4.03. The molecule has 1 N–H and O–H groups in total. The molecule has 1 amide bonds. The normalized spacial score (nSPS) is 21.4. The van der Waals surface area contributed by atoms with Crippen molar-refractivity contribution in [2.75, 3.05) is 0 Å². The molecule has 1 aliphatic rings. The molecule has 0 aromatic heterocycles. The molecule has 3 nitrogen and oxygen atoms in total. The molecule has 1 atom stereocenters. The zero-order valence-electron chi connectivity index (χ0n) is 10.7. The molecule has 5 heteroatoms. The number of hydrogen-bond acceptors (Lipinski definition) is 2. The highest BCUT2D eigenvalue weighted by atomic mass is 35.5. The molecule has 0 radical (unpaired) electrons. The van der Waals surface area contributed by atoms with Crippen molar-refractivity contribution in [1.82, 2.24) is 5.43 Å². The van der Waals surface area contributed by atoms with E-state index >= 15 is 0 Å². The van der Waals surface area contributed by atoms with Crippen molar-refractivity contribution in [2.24, 2.45) is 11.0 Å². The first-order chi connectivity index (χ1) is 9.08. The fourth-order valence-electron chi connectivity index (χ4n) is 2.19. The van der Waals surface area contributed by atoms with Gasteiger partial charge >= 0.3 is 0 Å². The molecule has 19 heavy (non-hydrogen) atoms. The van der Waals surface area contributed by atoms with E-state index in [1.54, 1.807) is 18.2 Å².